The SMILES string of the molecule is CN(C)C(C(=O)N1CCN(CCn2cccc2)CC1)c1cccc(F)c1. The number of carbonyl (C=O) groups excluding carboxylic acids is 1. The molecule has 1 aromatic carbocycles. The van der Waals surface area contributed by atoms with Gasteiger partial charge in [0.05, 0.1) is 0 Å². The molecule has 26 heavy (non-hydrogen) atoms. The number of rotatable bonds is 6. The van der Waals surface area contributed by atoms with E-state index in [4.69, 9.17) is 0 Å². The molecule has 2 aromatic rings. The van der Waals surface area contributed by atoms with Gasteiger partial charge in [0.2, 0.25) is 5.91 Å². The first-order chi connectivity index (χ1) is 12.5. The highest BCUT2D eigenvalue weighted by Crippen LogP contribution is 2.22. The van der Waals surface area contributed by atoms with E-state index < -0.39 is 6.04 Å². The van der Waals surface area contributed by atoms with Crippen LogP contribution >= 0.6 is 0 Å². The van der Waals surface area contributed by atoms with Crippen LogP contribution in [0.5, 0.6) is 0 Å². The molecule has 6 heteroatoms. The summed E-state index contributed by atoms with van der Waals surface area (Å²) in [5.74, 6) is -0.261. The normalized spacial score (nSPS) is 16.8. The lowest BCUT2D eigenvalue weighted by Crippen LogP contribution is -2.51. The summed E-state index contributed by atoms with van der Waals surface area (Å²) in [6.45, 7) is 5.11. The summed E-state index contributed by atoms with van der Waals surface area (Å²) in [6, 6.07) is 9.96. The van der Waals surface area contributed by atoms with Crippen LogP contribution in [0.1, 0.15) is 11.6 Å². The summed E-state index contributed by atoms with van der Waals surface area (Å²) >= 11 is 0. The van der Waals surface area contributed by atoms with Crippen LogP contribution in [0, 0.1) is 5.82 Å². The highest BCUT2D eigenvalue weighted by molar-refractivity contribution is 5.83. The maximum absolute atomic E-state index is 13.6. The van der Waals surface area contributed by atoms with Crippen molar-refractivity contribution in [1.82, 2.24) is 19.3 Å². The maximum Gasteiger partial charge on any atom is 0.244 e. The van der Waals surface area contributed by atoms with Crippen molar-refractivity contribution in [3.05, 3.63) is 60.2 Å². The first-order valence-corrected chi connectivity index (χ1v) is 9.08. The summed E-state index contributed by atoms with van der Waals surface area (Å²) in [5, 5.41) is 0. The average molecular weight is 358 g/mol. The zero-order valence-corrected chi connectivity index (χ0v) is 15.5. The maximum atomic E-state index is 13.6. The number of halogens is 1. The Morgan fingerprint density at radius 3 is 2.38 bits per heavy atom. The molecule has 0 bridgehead atoms. The molecule has 1 aliphatic rings. The molecule has 1 aliphatic heterocycles. The molecule has 1 saturated heterocycles. The van der Waals surface area contributed by atoms with E-state index in [0.29, 0.717) is 18.7 Å². The van der Waals surface area contributed by atoms with Crippen LogP contribution in [0.2, 0.25) is 0 Å². The van der Waals surface area contributed by atoms with Crippen molar-refractivity contribution in [1.29, 1.82) is 0 Å². The zero-order chi connectivity index (χ0) is 18.5. The summed E-state index contributed by atoms with van der Waals surface area (Å²) in [7, 11) is 3.72. The van der Waals surface area contributed by atoms with E-state index in [9.17, 15) is 9.18 Å². The number of benzene rings is 1. The fraction of sp³-hybridized carbons (Fsp3) is 0.450. The molecule has 0 spiro atoms. The Balaban J connectivity index is 1.57. The molecule has 1 atom stereocenters. The van der Waals surface area contributed by atoms with Gasteiger partial charge in [0.15, 0.2) is 0 Å². The molecule has 3 rings (SSSR count). The van der Waals surface area contributed by atoms with Gasteiger partial charge >= 0.3 is 0 Å². The second-order valence-electron chi connectivity index (χ2n) is 7.01. The van der Waals surface area contributed by atoms with Gasteiger partial charge in [-0.2, -0.15) is 0 Å². The summed E-state index contributed by atoms with van der Waals surface area (Å²) in [4.78, 5) is 19.2. The van der Waals surface area contributed by atoms with Gasteiger partial charge in [-0.05, 0) is 43.9 Å². The van der Waals surface area contributed by atoms with Crippen molar-refractivity contribution in [3.63, 3.8) is 0 Å². The topological polar surface area (TPSA) is 31.7 Å². The first-order valence-electron chi connectivity index (χ1n) is 9.08. The van der Waals surface area contributed by atoms with Crippen LogP contribution < -0.4 is 0 Å². The van der Waals surface area contributed by atoms with Crippen molar-refractivity contribution in [2.75, 3.05) is 46.8 Å². The Bertz CT molecular complexity index is 708. The lowest BCUT2D eigenvalue weighted by Gasteiger charge is -2.37. The van der Waals surface area contributed by atoms with E-state index in [1.165, 1.54) is 12.1 Å². The average Bonchev–Trinajstić information content (AvgIpc) is 3.14. The molecule has 0 aliphatic carbocycles. The fourth-order valence-corrected chi connectivity index (χ4v) is 3.48. The minimum absolute atomic E-state index is 0.0469. The Hall–Kier alpha value is -2.18. The van der Waals surface area contributed by atoms with Crippen LogP contribution in [0.25, 0.3) is 0 Å². The minimum Gasteiger partial charge on any atom is -0.353 e. The molecule has 1 fully saturated rings. The molecule has 2 heterocycles. The third-order valence-electron chi connectivity index (χ3n) is 4.94. The van der Waals surface area contributed by atoms with E-state index in [-0.39, 0.29) is 11.7 Å². The van der Waals surface area contributed by atoms with Crippen LogP contribution in [0.15, 0.2) is 48.8 Å². The molecule has 1 amide bonds. The Kier molecular flexibility index (Phi) is 6.06. The van der Waals surface area contributed by atoms with Crippen molar-refractivity contribution in [3.8, 4) is 0 Å². The van der Waals surface area contributed by atoms with Crippen molar-refractivity contribution in [2.24, 2.45) is 0 Å². The van der Waals surface area contributed by atoms with E-state index in [1.807, 2.05) is 42.1 Å². The first kappa shape index (κ1) is 18.6. The van der Waals surface area contributed by atoms with Crippen molar-refractivity contribution in [2.45, 2.75) is 12.6 Å². The molecular formula is C20H27FN4O. The molecule has 140 valence electrons. The zero-order valence-electron chi connectivity index (χ0n) is 15.5. The van der Waals surface area contributed by atoms with Crippen LogP contribution in [0.3, 0.4) is 0 Å². The van der Waals surface area contributed by atoms with E-state index in [0.717, 1.165) is 26.2 Å². The van der Waals surface area contributed by atoms with Gasteiger partial charge in [0.1, 0.15) is 11.9 Å². The second-order valence-corrected chi connectivity index (χ2v) is 7.01. The summed E-state index contributed by atoms with van der Waals surface area (Å²) < 4.78 is 15.8. The highest BCUT2D eigenvalue weighted by Gasteiger charge is 2.30. The molecule has 0 saturated carbocycles. The second kappa shape index (κ2) is 8.47. The van der Waals surface area contributed by atoms with Gasteiger partial charge in [-0.15, -0.1) is 0 Å². The number of nitrogens with zero attached hydrogens (tertiary/aromatic N) is 4. The minimum atomic E-state index is -0.447. The molecule has 1 aromatic heterocycles. The standard InChI is InChI=1S/C20H27FN4O/c1-22(2)19(17-6-5-7-18(21)16-17)20(26)25-14-12-24(13-15-25)11-10-23-8-3-4-9-23/h3-9,16,19H,10-15H2,1-2H3. The number of carbonyl (C=O) groups is 1. The van der Waals surface area contributed by atoms with Crippen molar-refractivity contribution < 1.29 is 9.18 Å². The fourth-order valence-electron chi connectivity index (χ4n) is 3.48. The number of likely N-dealkylation sites (N-methyl/N-ethyl adjacent to an activating group) is 1. The quantitative estimate of drug-likeness (QED) is 0.792. The van der Waals surface area contributed by atoms with E-state index in [2.05, 4.69) is 21.9 Å². The summed E-state index contributed by atoms with van der Waals surface area (Å²) in [6.07, 6.45) is 4.14. The number of hydrogen-bond donors (Lipinski definition) is 0. The van der Waals surface area contributed by atoms with Crippen LogP contribution in [0.4, 0.5) is 4.39 Å². The van der Waals surface area contributed by atoms with Gasteiger partial charge < -0.3 is 9.47 Å². The monoisotopic (exact) mass is 358 g/mol. The Morgan fingerprint density at radius 1 is 1.08 bits per heavy atom. The smallest absolute Gasteiger partial charge is 0.244 e. The lowest BCUT2D eigenvalue weighted by molar-refractivity contribution is -0.138. The lowest BCUT2D eigenvalue weighted by atomic mass is 10.0. The molecule has 5 nitrogen and oxygen atoms in total. The highest BCUT2D eigenvalue weighted by atomic mass is 19.1. The predicted molar refractivity (Wildman–Crippen MR) is 100 cm³/mol. The predicted octanol–water partition coefficient (Wildman–Crippen LogP) is 2.07. The van der Waals surface area contributed by atoms with Crippen LogP contribution in [-0.2, 0) is 11.3 Å². The number of hydrogen-bond acceptors (Lipinski definition) is 3. The summed E-state index contributed by atoms with van der Waals surface area (Å²) in [5.41, 5.74) is 0.704. The molecule has 0 N–H and O–H groups in total. The Labute approximate surface area is 154 Å². The molecular weight excluding hydrogens is 331 g/mol. The van der Waals surface area contributed by atoms with E-state index >= 15 is 0 Å². The third-order valence-corrected chi connectivity index (χ3v) is 4.94. The van der Waals surface area contributed by atoms with Gasteiger partial charge in [0, 0.05) is 51.7 Å². The molecule has 0 radical (unpaired) electrons. The number of aromatic nitrogens is 1. The third kappa shape index (κ3) is 4.51. The number of amides is 1. The van der Waals surface area contributed by atoms with E-state index in [1.54, 1.807) is 6.07 Å². The van der Waals surface area contributed by atoms with Gasteiger partial charge in [-0.1, -0.05) is 12.1 Å². The van der Waals surface area contributed by atoms with Crippen molar-refractivity contribution >= 4 is 5.91 Å². The van der Waals surface area contributed by atoms with Gasteiger partial charge in [0.25, 0.3) is 0 Å². The van der Waals surface area contributed by atoms with Crippen LogP contribution in [-0.4, -0.2) is 72.0 Å². The van der Waals surface area contributed by atoms with Gasteiger partial charge in [-0.3, -0.25) is 14.6 Å². The largest absolute Gasteiger partial charge is 0.353 e. The number of piperazine rings is 1. The Morgan fingerprint density at radius 2 is 1.77 bits per heavy atom. The molecule has 1 unspecified atom stereocenters. The van der Waals surface area contributed by atoms with Gasteiger partial charge in [-0.25, -0.2) is 4.39 Å².